The molecule has 0 saturated carbocycles. The van der Waals surface area contributed by atoms with Crippen molar-refractivity contribution in [3.05, 3.63) is 29.8 Å². The van der Waals surface area contributed by atoms with Gasteiger partial charge >= 0.3 is 12.1 Å². The van der Waals surface area contributed by atoms with Gasteiger partial charge in [0.2, 0.25) is 0 Å². The molecule has 1 aliphatic heterocycles. The minimum Gasteiger partial charge on any atom is -0.484 e. The van der Waals surface area contributed by atoms with Gasteiger partial charge in [0, 0.05) is 18.7 Å². The molecule has 1 heterocycles. The lowest BCUT2D eigenvalue weighted by Gasteiger charge is -2.30. The van der Waals surface area contributed by atoms with Gasteiger partial charge in [-0.2, -0.15) is 13.2 Å². The summed E-state index contributed by atoms with van der Waals surface area (Å²) in [6.45, 7) is -0.790. The number of carboxylic acid groups (broad SMARTS) is 1. The van der Waals surface area contributed by atoms with E-state index in [0.29, 0.717) is 19.4 Å². The van der Waals surface area contributed by atoms with E-state index in [1.807, 2.05) is 0 Å². The molecule has 126 valence electrons. The van der Waals surface area contributed by atoms with Crippen molar-refractivity contribution in [1.29, 1.82) is 0 Å². The molecule has 0 aliphatic carbocycles. The molecule has 1 fully saturated rings. The first-order valence-electron chi connectivity index (χ1n) is 7.08. The quantitative estimate of drug-likeness (QED) is 0.921. The van der Waals surface area contributed by atoms with Crippen LogP contribution in [0.1, 0.15) is 23.2 Å². The number of rotatable bonds is 4. The minimum absolute atomic E-state index is 0.0148. The van der Waals surface area contributed by atoms with Crippen LogP contribution in [0.15, 0.2) is 24.3 Å². The zero-order valence-corrected chi connectivity index (χ0v) is 12.2. The molecule has 1 saturated heterocycles. The molecule has 1 N–H and O–H groups in total. The molecule has 1 aromatic rings. The van der Waals surface area contributed by atoms with Crippen LogP contribution in [0.2, 0.25) is 0 Å². The summed E-state index contributed by atoms with van der Waals surface area (Å²) < 4.78 is 40.8. The van der Waals surface area contributed by atoms with Gasteiger partial charge in [-0.3, -0.25) is 9.59 Å². The van der Waals surface area contributed by atoms with Gasteiger partial charge in [-0.25, -0.2) is 0 Å². The minimum atomic E-state index is -4.42. The van der Waals surface area contributed by atoms with Crippen LogP contribution in [-0.4, -0.2) is 47.8 Å². The highest BCUT2D eigenvalue weighted by molar-refractivity contribution is 5.94. The second kappa shape index (κ2) is 6.89. The Morgan fingerprint density at radius 3 is 2.48 bits per heavy atom. The van der Waals surface area contributed by atoms with Gasteiger partial charge in [-0.1, -0.05) is 0 Å². The highest BCUT2D eigenvalue weighted by atomic mass is 19.4. The molecule has 0 unspecified atom stereocenters. The van der Waals surface area contributed by atoms with Gasteiger partial charge in [0.25, 0.3) is 5.91 Å². The summed E-state index contributed by atoms with van der Waals surface area (Å²) in [5, 5.41) is 9.02. The topological polar surface area (TPSA) is 66.8 Å². The number of nitrogens with zero attached hydrogens (tertiary/aromatic N) is 1. The molecule has 8 heteroatoms. The molecule has 2 rings (SSSR count). The molecule has 1 aliphatic rings. The lowest BCUT2D eigenvalue weighted by molar-refractivity contribution is -0.153. The average molecular weight is 331 g/mol. The van der Waals surface area contributed by atoms with E-state index < -0.39 is 24.7 Å². The number of amides is 1. The summed E-state index contributed by atoms with van der Waals surface area (Å²) in [6, 6.07) is 5.33. The van der Waals surface area contributed by atoms with Gasteiger partial charge in [0.1, 0.15) is 5.75 Å². The van der Waals surface area contributed by atoms with E-state index in [1.165, 1.54) is 29.2 Å². The van der Waals surface area contributed by atoms with Crippen LogP contribution in [0.3, 0.4) is 0 Å². The third kappa shape index (κ3) is 4.87. The number of halogens is 3. The number of ether oxygens (including phenoxy) is 1. The van der Waals surface area contributed by atoms with E-state index in [0.717, 1.165) is 0 Å². The third-order valence-electron chi connectivity index (χ3n) is 3.56. The van der Waals surface area contributed by atoms with Crippen molar-refractivity contribution in [2.75, 3.05) is 19.7 Å². The van der Waals surface area contributed by atoms with Crippen LogP contribution >= 0.6 is 0 Å². The maximum atomic E-state index is 12.3. The number of carbonyl (C=O) groups excluding carboxylic acids is 1. The Bertz CT molecular complexity index is 571. The highest BCUT2D eigenvalue weighted by Gasteiger charge is 2.29. The first-order chi connectivity index (χ1) is 10.8. The Labute approximate surface area is 130 Å². The standard InChI is InChI=1S/C15H16F3NO4/c16-15(17,18)9-23-12-5-3-10(4-6-12)13(20)19-7-1-2-11(8-19)14(21)22/h3-6,11H,1-2,7-9H2,(H,21,22)/t11-/m0/s1. The molecular formula is C15H16F3NO4. The van der Waals surface area contributed by atoms with Gasteiger partial charge in [0.15, 0.2) is 6.61 Å². The number of piperidine rings is 1. The zero-order chi connectivity index (χ0) is 17.0. The van der Waals surface area contributed by atoms with E-state index in [1.54, 1.807) is 0 Å². The molecule has 1 aromatic carbocycles. The summed E-state index contributed by atoms with van der Waals surface area (Å²) in [6.07, 6.45) is -3.28. The van der Waals surface area contributed by atoms with E-state index >= 15 is 0 Å². The van der Waals surface area contributed by atoms with Gasteiger partial charge in [-0.05, 0) is 37.1 Å². The molecule has 0 aromatic heterocycles. The monoisotopic (exact) mass is 331 g/mol. The summed E-state index contributed by atoms with van der Waals surface area (Å²) in [5.74, 6) is -1.83. The Balaban J connectivity index is 1.98. The predicted molar refractivity (Wildman–Crippen MR) is 74.3 cm³/mol. The molecule has 1 amide bonds. The lowest BCUT2D eigenvalue weighted by atomic mass is 9.97. The SMILES string of the molecule is O=C(O)[C@H]1CCCN(C(=O)c2ccc(OCC(F)(F)F)cc2)C1. The summed E-state index contributed by atoms with van der Waals surface area (Å²) >= 11 is 0. The Hall–Kier alpha value is -2.25. The van der Waals surface area contributed by atoms with E-state index in [9.17, 15) is 22.8 Å². The fraction of sp³-hybridized carbons (Fsp3) is 0.467. The zero-order valence-electron chi connectivity index (χ0n) is 12.2. The maximum absolute atomic E-state index is 12.3. The Morgan fingerprint density at radius 1 is 1.26 bits per heavy atom. The summed E-state index contributed by atoms with van der Waals surface area (Å²) in [5.41, 5.74) is 0.287. The van der Waals surface area contributed by atoms with Crippen molar-refractivity contribution < 1.29 is 32.6 Å². The normalized spacial score (nSPS) is 18.6. The third-order valence-corrected chi connectivity index (χ3v) is 3.56. The summed E-state index contributed by atoms with van der Waals surface area (Å²) in [4.78, 5) is 24.8. The van der Waals surface area contributed by atoms with Crippen LogP contribution in [0, 0.1) is 5.92 Å². The van der Waals surface area contributed by atoms with Crippen LogP contribution in [0.5, 0.6) is 5.75 Å². The van der Waals surface area contributed by atoms with Crippen molar-refractivity contribution in [1.82, 2.24) is 4.90 Å². The number of carboxylic acids is 1. The smallest absolute Gasteiger partial charge is 0.422 e. The molecule has 0 spiro atoms. The maximum Gasteiger partial charge on any atom is 0.422 e. The van der Waals surface area contributed by atoms with Crippen molar-refractivity contribution in [3.8, 4) is 5.75 Å². The predicted octanol–water partition coefficient (Wildman–Crippen LogP) is 2.56. The van der Waals surface area contributed by atoms with Gasteiger partial charge in [0.05, 0.1) is 5.92 Å². The fourth-order valence-corrected chi connectivity index (χ4v) is 2.40. The fourth-order valence-electron chi connectivity index (χ4n) is 2.40. The largest absolute Gasteiger partial charge is 0.484 e. The molecular weight excluding hydrogens is 315 g/mol. The lowest BCUT2D eigenvalue weighted by Crippen LogP contribution is -2.42. The number of alkyl halides is 3. The molecule has 1 atom stereocenters. The van der Waals surface area contributed by atoms with Crippen LogP contribution < -0.4 is 4.74 Å². The highest BCUT2D eigenvalue weighted by Crippen LogP contribution is 2.21. The Kier molecular flexibility index (Phi) is 5.12. The van der Waals surface area contributed by atoms with Crippen LogP contribution in [-0.2, 0) is 4.79 Å². The average Bonchev–Trinajstić information content (AvgIpc) is 2.52. The van der Waals surface area contributed by atoms with Crippen molar-refractivity contribution >= 4 is 11.9 Å². The van der Waals surface area contributed by atoms with Gasteiger partial charge in [-0.15, -0.1) is 0 Å². The molecule has 0 radical (unpaired) electrons. The van der Waals surface area contributed by atoms with Crippen molar-refractivity contribution in [2.45, 2.75) is 19.0 Å². The first-order valence-corrected chi connectivity index (χ1v) is 7.08. The van der Waals surface area contributed by atoms with Crippen molar-refractivity contribution in [3.63, 3.8) is 0 Å². The number of aliphatic carboxylic acids is 1. The number of likely N-dealkylation sites (tertiary alicyclic amines) is 1. The van der Waals surface area contributed by atoms with Crippen LogP contribution in [0.4, 0.5) is 13.2 Å². The van der Waals surface area contributed by atoms with Crippen molar-refractivity contribution in [2.24, 2.45) is 5.92 Å². The van der Waals surface area contributed by atoms with E-state index in [2.05, 4.69) is 4.74 Å². The van der Waals surface area contributed by atoms with Crippen LogP contribution in [0.25, 0.3) is 0 Å². The molecule has 0 bridgehead atoms. The van der Waals surface area contributed by atoms with E-state index in [-0.39, 0.29) is 23.8 Å². The second-order valence-corrected chi connectivity index (χ2v) is 5.36. The first kappa shape index (κ1) is 17.1. The number of hydrogen-bond donors (Lipinski definition) is 1. The number of carbonyl (C=O) groups is 2. The van der Waals surface area contributed by atoms with Gasteiger partial charge < -0.3 is 14.7 Å². The molecule has 23 heavy (non-hydrogen) atoms. The van der Waals surface area contributed by atoms with E-state index in [4.69, 9.17) is 5.11 Å². The Morgan fingerprint density at radius 2 is 1.91 bits per heavy atom. The second-order valence-electron chi connectivity index (χ2n) is 5.36. The summed E-state index contributed by atoms with van der Waals surface area (Å²) in [7, 11) is 0. The number of hydrogen-bond acceptors (Lipinski definition) is 3. The number of benzene rings is 1. The molecule has 5 nitrogen and oxygen atoms in total.